The quantitative estimate of drug-likeness (QED) is 0.727. The van der Waals surface area contributed by atoms with Crippen LogP contribution in [0.25, 0.3) is 0 Å². The summed E-state index contributed by atoms with van der Waals surface area (Å²) in [4.78, 5) is 0. The Labute approximate surface area is 84.3 Å². The first kappa shape index (κ1) is 10.3. The maximum atomic E-state index is 12.9. The molecule has 2 aliphatic carbocycles. The van der Waals surface area contributed by atoms with Crippen LogP contribution in [-0.4, -0.2) is 18.0 Å². The zero-order chi connectivity index (χ0) is 10.2. The fraction of sp³-hybridized carbons (Fsp3) is 1.00. The first-order chi connectivity index (χ1) is 6.55. The zero-order valence-electron chi connectivity index (χ0n) is 8.73. The van der Waals surface area contributed by atoms with Gasteiger partial charge in [-0.3, -0.25) is 0 Å². The second-order valence-corrected chi connectivity index (χ2v) is 5.08. The topological polar surface area (TPSA) is 12.0 Å². The summed E-state index contributed by atoms with van der Waals surface area (Å²) in [5, 5.41) is 3.38. The molecule has 82 valence electrons. The van der Waals surface area contributed by atoms with Crippen LogP contribution < -0.4 is 5.32 Å². The van der Waals surface area contributed by atoms with Crippen molar-refractivity contribution in [2.24, 2.45) is 5.92 Å². The van der Waals surface area contributed by atoms with Gasteiger partial charge in [0.15, 0.2) is 0 Å². The Morgan fingerprint density at radius 3 is 2.43 bits per heavy atom. The SMILES string of the molecule is CC1CCC(NC2CCC(F)(F)C2)C1. The molecule has 0 radical (unpaired) electrons. The van der Waals surface area contributed by atoms with Crippen LogP contribution in [0.1, 0.15) is 45.4 Å². The van der Waals surface area contributed by atoms with Crippen LogP contribution >= 0.6 is 0 Å². The lowest BCUT2D eigenvalue weighted by Crippen LogP contribution is -2.35. The second kappa shape index (κ2) is 3.76. The molecule has 0 heterocycles. The van der Waals surface area contributed by atoms with E-state index in [-0.39, 0.29) is 18.9 Å². The van der Waals surface area contributed by atoms with Gasteiger partial charge in [0.2, 0.25) is 5.92 Å². The second-order valence-electron chi connectivity index (χ2n) is 5.08. The van der Waals surface area contributed by atoms with Gasteiger partial charge in [0.25, 0.3) is 0 Å². The average molecular weight is 203 g/mol. The fourth-order valence-corrected chi connectivity index (χ4v) is 2.78. The Morgan fingerprint density at radius 1 is 1.14 bits per heavy atom. The molecule has 0 spiro atoms. The zero-order valence-corrected chi connectivity index (χ0v) is 8.73. The number of halogens is 2. The number of alkyl halides is 2. The van der Waals surface area contributed by atoms with Gasteiger partial charge in [-0.05, 0) is 31.6 Å². The molecule has 14 heavy (non-hydrogen) atoms. The summed E-state index contributed by atoms with van der Waals surface area (Å²) in [5.74, 6) is -1.63. The van der Waals surface area contributed by atoms with E-state index >= 15 is 0 Å². The average Bonchev–Trinajstić information content (AvgIpc) is 2.59. The molecule has 3 unspecified atom stereocenters. The van der Waals surface area contributed by atoms with Gasteiger partial charge >= 0.3 is 0 Å². The molecular weight excluding hydrogens is 184 g/mol. The Hall–Kier alpha value is -0.180. The lowest BCUT2D eigenvalue weighted by atomic mass is 10.1. The van der Waals surface area contributed by atoms with Gasteiger partial charge in [0, 0.05) is 24.9 Å². The van der Waals surface area contributed by atoms with Gasteiger partial charge in [0.1, 0.15) is 0 Å². The molecule has 0 amide bonds. The van der Waals surface area contributed by atoms with Crippen LogP contribution in [0.4, 0.5) is 8.78 Å². The molecule has 2 fully saturated rings. The lowest BCUT2D eigenvalue weighted by molar-refractivity contribution is 0.00661. The van der Waals surface area contributed by atoms with Crippen molar-refractivity contribution < 1.29 is 8.78 Å². The molecule has 1 N–H and O–H groups in total. The van der Waals surface area contributed by atoms with Crippen molar-refractivity contribution in [1.82, 2.24) is 5.32 Å². The van der Waals surface area contributed by atoms with Crippen LogP contribution in [0.2, 0.25) is 0 Å². The van der Waals surface area contributed by atoms with Crippen molar-refractivity contribution in [2.45, 2.75) is 63.5 Å². The highest BCUT2D eigenvalue weighted by Gasteiger charge is 2.40. The molecule has 3 atom stereocenters. The monoisotopic (exact) mass is 203 g/mol. The van der Waals surface area contributed by atoms with Crippen LogP contribution in [-0.2, 0) is 0 Å². The fourth-order valence-electron chi connectivity index (χ4n) is 2.78. The normalized spacial score (nSPS) is 41.8. The Morgan fingerprint density at radius 2 is 1.93 bits per heavy atom. The molecular formula is C11H19F2N. The van der Waals surface area contributed by atoms with Crippen LogP contribution in [0.5, 0.6) is 0 Å². The highest BCUT2D eigenvalue weighted by molar-refractivity contribution is 4.89. The predicted molar refractivity (Wildman–Crippen MR) is 52.5 cm³/mol. The van der Waals surface area contributed by atoms with Crippen molar-refractivity contribution in [3.63, 3.8) is 0 Å². The highest BCUT2D eigenvalue weighted by atomic mass is 19.3. The molecule has 0 aromatic heterocycles. The van der Waals surface area contributed by atoms with E-state index in [1.54, 1.807) is 0 Å². The number of hydrogen-bond acceptors (Lipinski definition) is 1. The van der Waals surface area contributed by atoms with E-state index in [9.17, 15) is 8.78 Å². The van der Waals surface area contributed by atoms with E-state index in [1.165, 1.54) is 19.3 Å². The van der Waals surface area contributed by atoms with E-state index in [0.717, 1.165) is 5.92 Å². The van der Waals surface area contributed by atoms with Crippen molar-refractivity contribution in [3.05, 3.63) is 0 Å². The van der Waals surface area contributed by atoms with E-state index in [1.807, 2.05) is 0 Å². The van der Waals surface area contributed by atoms with Crippen LogP contribution in [0.3, 0.4) is 0 Å². The summed E-state index contributed by atoms with van der Waals surface area (Å²) in [7, 11) is 0. The van der Waals surface area contributed by atoms with Gasteiger partial charge in [-0.1, -0.05) is 6.92 Å². The van der Waals surface area contributed by atoms with Crippen molar-refractivity contribution in [3.8, 4) is 0 Å². The maximum Gasteiger partial charge on any atom is 0.249 e. The summed E-state index contributed by atoms with van der Waals surface area (Å²) in [6, 6.07) is 0.573. The summed E-state index contributed by atoms with van der Waals surface area (Å²) in [6.07, 6.45) is 4.37. The van der Waals surface area contributed by atoms with Gasteiger partial charge in [0.05, 0.1) is 0 Å². The van der Waals surface area contributed by atoms with Gasteiger partial charge < -0.3 is 5.32 Å². The summed E-state index contributed by atoms with van der Waals surface area (Å²) < 4.78 is 25.8. The molecule has 0 aromatic rings. The molecule has 0 saturated heterocycles. The number of rotatable bonds is 2. The highest BCUT2D eigenvalue weighted by Crippen LogP contribution is 2.36. The summed E-state index contributed by atoms with van der Waals surface area (Å²) in [5.41, 5.74) is 0. The molecule has 2 saturated carbocycles. The summed E-state index contributed by atoms with van der Waals surface area (Å²) >= 11 is 0. The number of hydrogen-bond donors (Lipinski definition) is 1. The van der Waals surface area contributed by atoms with Crippen molar-refractivity contribution >= 4 is 0 Å². The van der Waals surface area contributed by atoms with E-state index in [2.05, 4.69) is 12.2 Å². The molecule has 3 heteroatoms. The third-order valence-corrected chi connectivity index (χ3v) is 3.57. The minimum absolute atomic E-state index is 0.0535. The molecule has 0 bridgehead atoms. The standard InChI is InChI=1S/C11H19F2N/c1-8-2-3-9(6-8)14-10-4-5-11(12,13)7-10/h8-10,14H,2-7H2,1H3. The van der Waals surface area contributed by atoms with Crippen LogP contribution in [0, 0.1) is 5.92 Å². The molecule has 2 aliphatic rings. The smallest absolute Gasteiger partial charge is 0.249 e. The predicted octanol–water partition coefficient (Wildman–Crippen LogP) is 2.95. The molecule has 0 aromatic carbocycles. The Kier molecular flexibility index (Phi) is 2.78. The minimum Gasteiger partial charge on any atom is -0.311 e. The van der Waals surface area contributed by atoms with Crippen molar-refractivity contribution in [2.75, 3.05) is 0 Å². The largest absolute Gasteiger partial charge is 0.311 e. The molecule has 0 aliphatic heterocycles. The molecule has 2 rings (SSSR count). The third kappa shape index (κ3) is 2.44. The van der Waals surface area contributed by atoms with E-state index in [0.29, 0.717) is 12.5 Å². The number of nitrogens with one attached hydrogen (secondary N) is 1. The molecule has 1 nitrogen and oxygen atoms in total. The maximum absolute atomic E-state index is 12.9. The lowest BCUT2D eigenvalue weighted by Gasteiger charge is -2.18. The van der Waals surface area contributed by atoms with Gasteiger partial charge in [-0.2, -0.15) is 0 Å². The van der Waals surface area contributed by atoms with Crippen LogP contribution in [0.15, 0.2) is 0 Å². The Bertz CT molecular complexity index is 205. The van der Waals surface area contributed by atoms with E-state index in [4.69, 9.17) is 0 Å². The minimum atomic E-state index is -2.40. The van der Waals surface area contributed by atoms with Crippen molar-refractivity contribution in [1.29, 1.82) is 0 Å². The first-order valence-corrected chi connectivity index (χ1v) is 5.69. The van der Waals surface area contributed by atoms with Gasteiger partial charge in [-0.15, -0.1) is 0 Å². The third-order valence-electron chi connectivity index (χ3n) is 3.57. The van der Waals surface area contributed by atoms with Gasteiger partial charge in [-0.25, -0.2) is 8.78 Å². The Balaban J connectivity index is 1.76. The first-order valence-electron chi connectivity index (χ1n) is 5.69. The summed E-state index contributed by atoms with van der Waals surface area (Å²) in [6.45, 7) is 2.24. The van der Waals surface area contributed by atoms with E-state index < -0.39 is 5.92 Å².